The molecule has 1 aromatic heterocycles. The summed E-state index contributed by atoms with van der Waals surface area (Å²) >= 11 is 0. The van der Waals surface area contributed by atoms with Gasteiger partial charge in [-0.25, -0.2) is 0 Å². The van der Waals surface area contributed by atoms with E-state index in [0.717, 1.165) is 31.6 Å². The fraction of sp³-hybridized carbons (Fsp3) is 0.667. The third kappa shape index (κ3) is 3.17. The average molecular weight is 221 g/mol. The summed E-state index contributed by atoms with van der Waals surface area (Å²) in [7, 11) is 0. The Morgan fingerprint density at radius 1 is 1.31 bits per heavy atom. The molecule has 4 nitrogen and oxygen atoms in total. The highest BCUT2D eigenvalue weighted by Crippen LogP contribution is 2.22. The van der Waals surface area contributed by atoms with E-state index in [1.54, 1.807) is 0 Å². The van der Waals surface area contributed by atoms with Gasteiger partial charge in [0.25, 0.3) is 0 Å². The second-order valence-corrected chi connectivity index (χ2v) is 4.17. The molecule has 1 aromatic rings. The lowest BCUT2D eigenvalue weighted by atomic mass is 10.3. The van der Waals surface area contributed by atoms with Crippen molar-refractivity contribution in [3.05, 3.63) is 17.8 Å². The first kappa shape index (κ1) is 11.3. The summed E-state index contributed by atoms with van der Waals surface area (Å²) in [4.78, 5) is 0. The van der Waals surface area contributed by atoms with E-state index in [2.05, 4.69) is 22.4 Å². The molecule has 1 heterocycles. The Hall–Kier alpha value is -1.16. The molecule has 88 valence electrons. The van der Waals surface area contributed by atoms with Crippen molar-refractivity contribution in [1.29, 1.82) is 0 Å². The van der Waals surface area contributed by atoms with Gasteiger partial charge in [-0.2, -0.15) is 5.10 Å². The van der Waals surface area contributed by atoms with E-state index in [0.29, 0.717) is 12.0 Å². The maximum absolute atomic E-state index is 5.74. The van der Waals surface area contributed by atoms with E-state index in [1.165, 1.54) is 12.8 Å². The molecule has 0 radical (unpaired) electrons. The zero-order chi connectivity index (χ0) is 11.2. The van der Waals surface area contributed by atoms with Crippen LogP contribution < -0.4 is 10.1 Å². The zero-order valence-corrected chi connectivity index (χ0v) is 9.78. The summed E-state index contributed by atoms with van der Waals surface area (Å²) in [5.74, 6) is 0.659. The van der Waals surface area contributed by atoms with Crippen LogP contribution in [0.4, 0.5) is 0 Å². The topological polar surface area (TPSA) is 47.0 Å². The Balaban J connectivity index is 1.86. The van der Waals surface area contributed by atoms with Crippen molar-refractivity contribution in [2.24, 2.45) is 0 Å². The van der Waals surface area contributed by atoms with E-state index in [9.17, 15) is 0 Å². The van der Waals surface area contributed by atoms with Crippen LogP contribution in [0.5, 0.6) is 5.88 Å². The molecular formula is C12H19N3O. The lowest BCUT2D eigenvalue weighted by Crippen LogP contribution is -2.15. The van der Waals surface area contributed by atoms with Gasteiger partial charge in [0.1, 0.15) is 6.10 Å². The van der Waals surface area contributed by atoms with Gasteiger partial charge >= 0.3 is 0 Å². The number of ether oxygens (including phenoxy) is 1. The minimum atomic E-state index is 0.355. The summed E-state index contributed by atoms with van der Waals surface area (Å²) < 4.78 is 5.74. The summed E-state index contributed by atoms with van der Waals surface area (Å²) in [6, 6.07) is 3.89. The van der Waals surface area contributed by atoms with Crippen molar-refractivity contribution < 1.29 is 4.74 Å². The third-order valence-electron chi connectivity index (χ3n) is 2.84. The molecule has 0 spiro atoms. The molecule has 0 bridgehead atoms. The predicted octanol–water partition coefficient (Wildman–Crippen LogP) is 1.91. The van der Waals surface area contributed by atoms with Crippen LogP contribution in [0.15, 0.2) is 12.1 Å². The van der Waals surface area contributed by atoms with Crippen LogP contribution in [0.2, 0.25) is 0 Å². The molecule has 0 unspecified atom stereocenters. The monoisotopic (exact) mass is 221 g/mol. The fourth-order valence-corrected chi connectivity index (χ4v) is 1.93. The highest BCUT2D eigenvalue weighted by molar-refractivity contribution is 5.11. The Morgan fingerprint density at radius 3 is 2.75 bits per heavy atom. The average Bonchev–Trinajstić information content (AvgIpc) is 2.81. The predicted molar refractivity (Wildman–Crippen MR) is 62.3 cm³/mol. The van der Waals surface area contributed by atoms with Gasteiger partial charge in [0.05, 0.1) is 5.69 Å². The Morgan fingerprint density at radius 2 is 2.12 bits per heavy atom. The van der Waals surface area contributed by atoms with Gasteiger partial charge < -0.3 is 10.1 Å². The van der Waals surface area contributed by atoms with E-state index < -0.39 is 0 Å². The van der Waals surface area contributed by atoms with Gasteiger partial charge in [-0.1, -0.05) is 6.92 Å². The fourth-order valence-electron chi connectivity index (χ4n) is 1.93. The molecule has 2 rings (SSSR count). The second kappa shape index (κ2) is 5.80. The van der Waals surface area contributed by atoms with Gasteiger partial charge in [-0.05, 0) is 38.3 Å². The Kier molecular flexibility index (Phi) is 4.10. The molecule has 0 aromatic carbocycles. The summed E-state index contributed by atoms with van der Waals surface area (Å²) in [5.41, 5.74) is 0.959. The lowest BCUT2D eigenvalue weighted by Gasteiger charge is -2.11. The van der Waals surface area contributed by atoms with Crippen molar-refractivity contribution in [2.45, 2.75) is 45.3 Å². The van der Waals surface area contributed by atoms with Crippen molar-refractivity contribution >= 4 is 0 Å². The van der Waals surface area contributed by atoms with Crippen molar-refractivity contribution in [3.8, 4) is 5.88 Å². The first-order chi connectivity index (χ1) is 7.88. The third-order valence-corrected chi connectivity index (χ3v) is 2.84. The molecule has 0 amide bonds. The van der Waals surface area contributed by atoms with Gasteiger partial charge in [-0.3, -0.25) is 0 Å². The smallest absolute Gasteiger partial charge is 0.233 e. The van der Waals surface area contributed by atoms with Gasteiger partial charge in [0.15, 0.2) is 0 Å². The molecule has 0 aliphatic heterocycles. The van der Waals surface area contributed by atoms with Crippen LogP contribution in [-0.2, 0) is 6.54 Å². The van der Waals surface area contributed by atoms with E-state index in [4.69, 9.17) is 4.74 Å². The van der Waals surface area contributed by atoms with E-state index >= 15 is 0 Å². The molecule has 1 N–H and O–H groups in total. The van der Waals surface area contributed by atoms with Gasteiger partial charge in [-0.15, -0.1) is 5.10 Å². The number of nitrogens with zero attached hydrogens (tertiary/aromatic N) is 2. The molecule has 1 fully saturated rings. The number of aromatic nitrogens is 2. The van der Waals surface area contributed by atoms with Crippen molar-refractivity contribution in [2.75, 3.05) is 6.54 Å². The van der Waals surface area contributed by atoms with Crippen LogP contribution in [0, 0.1) is 0 Å². The molecule has 1 aliphatic rings. The van der Waals surface area contributed by atoms with Gasteiger partial charge in [0, 0.05) is 12.6 Å². The van der Waals surface area contributed by atoms with Crippen LogP contribution in [0.1, 0.15) is 38.3 Å². The highest BCUT2D eigenvalue weighted by atomic mass is 16.5. The minimum absolute atomic E-state index is 0.355. The molecular weight excluding hydrogens is 202 g/mol. The van der Waals surface area contributed by atoms with E-state index in [1.807, 2.05) is 12.1 Å². The molecule has 16 heavy (non-hydrogen) atoms. The highest BCUT2D eigenvalue weighted by Gasteiger charge is 2.16. The first-order valence-corrected chi connectivity index (χ1v) is 6.08. The Bertz CT molecular complexity index is 307. The molecule has 4 heteroatoms. The summed E-state index contributed by atoms with van der Waals surface area (Å²) in [6.45, 7) is 3.79. The first-order valence-electron chi connectivity index (χ1n) is 6.08. The summed E-state index contributed by atoms with van der Waals surface area (Å²) in [6.07, 6.45) is 5.21. The minimum Gasteiger partial charge on any atom is -0.473 e. The molecule has 0 saturated heterocycles. The zero-order valence-electron chi connectivity index (χ0n) is 9.78. The maximum Gasteiger partial charge on any atom is 0.233 e. The molecule has 1 aliphatic carbocycles. The summed E-state index contributed by atoms with van der Waals surface area (Å²) in [5, 5.41) is 11.4. The number of nitrogens with one attached hydrogen (secondary N) is 1. The SMILES string of the molecule is CCNCc1ccc(OC2CCCC2)nn1. The van der Waals surface area contributed by atoms with Crippen molar-refractivity contribution in [1.82, 2.24) is 15.5 Å². The second-order valence-electron chi connectivity index (χ2n) is 4.17. The number of hydrogen-bond donors (Lipinski definition) is 1. The maximum atomic E-state index is 5.74. The van der Waals surface area contributed by atoms with Crippen LogP contribution in [0.3, 0.4) is 0 Å². The largest absolute Gasteiger partial charge is 0.473 e. The van der Waals surface area contributed by atoms with Crippen LogP contribution in [0.25, 0.3) is 0 Å². The van der Waals surface area contributed by atoms with Gasteiger partial charge in [0.2, 0.25) is 5.88 Å². The van der Waals surface area contributed by atoms with Crippen LogP contribution in [-0.4, -0.2) is 22.8 Å². The standard InChI is InChI=1S/C12H19N3O/c1-2-13-9-10-7-8-12(15-14-10)16-11-5-3-4-6-11/h7-8,11,13H,2-6,9H2,1H3. The lowest BCUT2D eigenvalue weighted by molar-refractivity contribution is 0.199. The van der Waals surface area contributed by atoms with E-state index in [-0.39, 0.29) is 0 Å². The molecule has 1 saturated carbocycles. The van der Waals surface area contributed by atoms with Crippen LogP contribution >= 0.6 is 0 Å². The quantitative estimate of drug-likeness (QED) is 0.825. The molecule has 0 atom stereocenters. The normalized spacial score (nSPS) is 16.6. The number of hydrogen-bond acceptors (Lipinski definition) is 4. The Labute approximate surface area is 96.4 Å². The van der Waals surface area contributed by atoms with Crippen molar-refractivity contribution in [3.63, 3.8) is 0 Å². The number of rotatable bonds is 5.